The van der Waals surface area contributed by atoms with Gasteiger partial charge in [0, 0.05) is 70.5 Å². The van der Waals surface area contributed by atoms with Gasteiger partial charge in [0.05, 0.1) is 0 Å². The van der Waals surface area contributed by atoms with Crippen LogP contribution in [-0.4, -0.2) is 113 Å². The fourth-order valence-corrected chi connectivity index (χ4v) is 13.3. The molecule has 9 rings (SSSR count). The van der Waals surface area contributed by atoms with Gasteiger partial charge in [0.1, 0.15) is 0 Å². The molecule has 0 aliphatic rings. The maximum Gasteiger partial charge on any atom is 1.00 e. The smallest absolute Gasteiger partial charge is 0.382 e. The maximum atomic E-state index is 4.83. The predicted molar refractivity (Wildman–Crippen MR) is 412 cm³/mol. The summed E-state index contributed by atoms with van der Waals surface area (Å²) in [6.45, 7) is 22.7. The zero-order valence-electron chi connectivity index (χ0n) is 57.8. The van der Waals surface area contributed by atoms with E-state index in [1.54, 1.807) is 0 Å². The molecule has 0 spiro atoms. The van der Waals surface area contributed by atoms with Crippen LogP contribution in [0.25, 0.3) is 0 Å². The Morgan fingerprint density at radius 2 is 0.278 bits per heavy atom. The Bertz CT molecular complexity index is 3190. The topological polar surface area (TPSA) is 36.9 Å². The second-order valence-electron chi connectivity index (χ2n) is 18.8. The Morgan fingerprint density at radius 1 is 0.186 bits per heavy atom. The minimum absolute atomic E-state index is 0. The van der Waals surface area contributed by atoms with Crippen molar-refractivity contribution in [1.29, 1.82) is 0 Å². The first-order chi connectivity index (χ1) is 46.9. The molecule has 0 heterocycles. The summed E-state index contributed by atoms with van der Waals surface area (Å²) in [5.41, 5.74) is 9.09. The molecule has 0 atom stereocenters. The van der Waals surface area contributed by atoms with Crippen LogP contribution in [0.4, 0.5) is 0 Å². The van der Waals surface area contributed by atoms with Crippen molar-refractivity contribution in [3.8, 4) is 96.1 Å². The van der Waals surface area contributed by atoms with E-state index < -0.39 is 43.0 Å². The fourth-order valence-electron chi connectivity index (χ4n) is 7.00. The molecule has 4 nitrogen and oxygen atoms in total. The Labute approximate surface area is 620 Å². The summed E-state index contributed by atoms with van der Waals surface area (Å²) in [5.74, 6) is 29.1. The van der Waals surface area contributed by atoms with E-state index in [4.69, 9.17) is 18.9 Å². The van der Waals surface area contributed by atoms with E-state index in [0.717, 1.165) is 103 Å². The third-order valence-electron chi connectivity index (χ3n) is 11.6. The Balaban J connectivity index is 0.000000630. The van der Waals surface area contributed by atoms with Gasteiger partial charge in [-0.3, -0.25) is 0 Å². The van der Waals surface area contributed by atoms with E-state index in [1.807, 2.05) is 328 Å². The van der Waals surface area contributed by atoms with Crippen molar-refractivity contribution in [3.63, 3.8) is 0 Å². The minimum atomic E-state index is -2.13. The summed E-state index contributed by atoms with van der Waals surface area (Å²) < 4.78 is 49.4. The van der Waals surface area contributed by atoms with Crippen LogP contribution in [0.3, 0.4) is 0 Å². The van der Waals surface area contributed by atoms with Gasteiger partial charge in [-0.1, -0.05) is 0 Å². The van der Waals surface area contributed by atoms with Crippen LogP contribution in [0.2, 0.25) is 0 Å². The van der Waals surface area contributed by atoms with E-state index >= 15 is 0 Å². The molecule has 477 valence electrons. The second-order valence-corrected chi connectivity index (χ2v) is 28.2. The van der Waals surface area contributed by atoms with Gasteiger partial charge in [0.2, 0.25) is 0 Å². The first kappa shape index (κ1) is 86.6. The molecular formula is C88H85Ge4LiO4+. The molecule has 0 amide bonds. The summed E-state index contributed by atoms with van der Waals surface area (Å²) in [5, 5.41) is 0. The van der Waals surface area contributed by atoms with Crippen molar-refractivity contribution in [2.24, 2.45) is 0 Å². The molecule has 9 aromatic rings. The van der Waals surface area contributed by atoms with Gasteiger partial charge in [-0.25, -0.2) is 0 Å². The zero-order valence-corrected chi connectivity index (χ0v) is 66.2. The number of benzene rings is 9. The molecule has 0 aromatic heterocycles. The third kappa shape index (κ3) is 47.2. The van der Waals surface area contributed by atoms with E-state index in [1.165, 1.54) is 0 Å². The molecule has 9 heteroatoms. The largest absolute Gasteiger partial charge is 1.00 e. The van der Waals surface area contributed by atoms with Crippen LogP contribution in [0.5, 0.6) is 0 Å². The van der Waals surface area contributed by atoms with Crippen LogP contribution < -0.4 is 18.9 Å². The molecule has 97 heavy (non-hydrogen) atoms. The molecular weight excluding hydrogens is 1420 g/mol. The van der Waals surface area contributed by atoms with Crippen molar-refractivity contribution in [3.05, 3.63) is 323 Å². The maximum absolute atomic E-state index is 4.83. The van der Waals surface area contributed by atoms with Gasteiger partial charge < -0.3 is 18.9 Å². The number of rotatable bonds is 8. The van der Waals surface area contributed by atoms with Crippen molar-refractivity contribution >= 4 is 60.6 Å². The van der Waals surface area contributed by atoms with Gasteiger partial charge >= 0.3 is 481 Å². The Hall–Kier alpha value is -8.37. The molecule has 0 unspecified atom stereocenters. The molecule has 0 fully saturated rings. The van der Waals surface area contributed by atoms with Crippen LogP contribution in [0.15, 0.2) is 273 Å². The Kier molecular flexibility index (Phi) is 55.8. The zero-order chi connectivity index (χ0) is 68.0. The van der Waals surface area contributed by atoms with Crippen molar-refractivity contribution in [2.45, 2.75) is 55.4 Å². The SMILES string of the molecule is C(#[C][Ge]([C]#Cc1ccccc1)[C]#Cc1ccccc1)c1ccccc1.C(#[C][Ge]([C]#Cc1ccccc1)[C]#Cc1ccccc1)c1ccccc1.C(#[C][Ge]([C]#Cc1ccccc1)[C]#Cc1ccccc1)c1ccccc1.CCOCC.CCOCC.CCOCC.CCOCC.[Ge].[Li+]. The molecule has 7 radical (unpaired) electrons. The predicted octanol–water partition coefficient (Wildman–Crippen LogP) is 13.6. The van der Waals surface area contributed by atoms with Crippen molar-refractivity contribution in [1.82, 2.24) is 0 Å². The quantitative estimate of drug-likeness (QED) is 0.112. The first-order valence-corrected chi connectivity index (χ1v) is 41.4. The number of hydrogen-bond donors (Lipinski definition) is 0. The summed E-state index contributed by atoms with van der Waals surface area (Å²) >= 11 is -6.39. The Morgan fingerprint density at radius 3 is 0.351 bits per heavy atom. The van der Waals surface area contributed by atoms with Crippen molar-refractivity contribution < 1.29 is 37.8 Å². The van der Waals surface area contributed by atoms with E-state index in [-0.39, 0.29) is 36.5 Å². The van der Waals surface area contributed by atoms with Gasteiger partial charge in [-0.15, -0.1) is 0 Å². The van der Waals surface area contributed by atoms with Gasteiger partial charge in [-0.2, -0.15) is 0 Å². The molecule has 0 N–H and O–H groups in total. The van der Waals surface area contributed by atoms with Gasteiger partial charge in [-0.05, 0) is 55.4 Å². The fraction of sp³-hybridized carbons (Fsp3) is 0.182. The third-order valence-corrected chi connectivity index (χ3v) is 18.7. The molecule has 0 bridgehead atoms. The molecule has 0 saturated carbocycles. The molecule has 0 aliphatic carbocycles. The summed E-state index contributed by atoms with van der Waals surface area (Å²) in [4.78, 5) is 0. The monoisotopic (exact) mass is 1510 g/mol. The van der Waals surface area contributed by atoms with Gasteiger partial charge in [0.15, 0.2) is 0 Å². The summed E-state index contributed by atoms with van der Waals surface area (Å²) in [7, 11) is 0. The molecule has 0 saturated heterocycles. The standard InChI is InChI=1S/3C24H15Ge.4C4H10O.Ge.Li/c3*1-4-10-22(11-5-1)16-19-25(20-17-23-12-6-2-7-13-23)21-18-24-14-8-3-9-15-24;4*1-3-5-4-2;;/h3*1-15H;4*3-4H2,1-2H3;;/q;;;;;;;;+1. The summed E-state index contributed by atoms with van der Waals surface area (Å²) in [6, 6.07) is 90.1. The van der Waals surface area contributed by atoms with Crippen LogP contribution >= 0.6 is 0 Å². The van der Waals surface area contributed by atoms with Crippen molar-refractivity contribution in [2.75, 3.05) is 52.9 Å². The van der Waals surface area contributed by atoms with Gasteiger partial charge in [0.25, 0.3) is 0 Å². The average Bonchev–Trinajstić information content (AvgIpc) is 3.84. The number of ether oxygens (including phenoxy) is 4. The van der Waals surface area contributed by atoms with E-state index in [9.17, 15) is 0 Å². The first-order valence-electron chi connectivity index (χ1n) is 31.9. The summed E-state index contributed by atoms with van der Waals surface area (Å²) in [6.07, 6.45) is 0. The molecule has 0 aliphatic heterocycles. The normalized spacial score (nSPS) is 8.69. The van der Waals surface area contributed by atoms with E-state index in [2.05, 4.69) is 96.1 Å². The molecule has 9 aromatic carbocycles. The minimum Gasteiger partial charge on any atom is -0.382 e. The van der Waals surface area contributed by atoms with Crippen LogP contribution in [0, 0.1) is 96.1 Å². The van der Waals surface area contributed by atoms with Crippen LogP contribution in [-0.2, 0) is 18.9 Å². The number of hydrogen-bond acceptors (Lipinski definition) is 4. The van der Waals surface area contributed by atoms with E-state index in [0.29, 0.717) is 0 Å². The van der Waals surface area contributed by atoms with Crippen LogP contribution in [0.1, 0.15) is 105 Å². The second kappa shape index (κ2) is 62.4. The average molecular weight is 1500 g/mol.